The van der Waals surface area contributed by atoms with Crippen molar-refractivity contribution >= 4 is 5.78 Å². The summed E-state index contributed by atoms with van der Waals surface area (Å²) in [6.45, 7) is 2.07. The Balaban J connectivity index is 1.73. The highest BCUT2D eigenvalue weighted by molar-refractivity contribution is 5.91. The Hall–Kier alpha value is -1.38. The molecule has 0 aliphatic heterocycles. The van der Waals surface area contributed by atoms with E-state index in [-0.39, 0.29) is 17.1 Å². The third-order valence-electron chi connectivity index (χ3n) is 6.92. The van der Waals surface area contributed by atoms with E-state index in [9.17, 15) is 9.18 Å². The third kappa shape index (κ3) is 2.01. The molecule has 4 rings (SSSR count). The van der Waals surface area contributed by atoms with Gasteiger partial charge in [-0.1, -0.05) is 6.92 Å². The Bertz CT molecular complexity index is 641. The summed E-state index contributed by atoms with van der Waals surface area (Å²) in [6.07, 6.45) is 3.92. The summed E-state index contributed by atoms with van der Waals surface area (Å²) in [5.41, 5.74) is 2.33. The maximum absolute atomic E-state index is 14.2. The quantitative estimate of drug-likeness (QED) is 0.815. The lowest BCUT2D eigenvalue weighted by Crippen LogP contribution is -2.44. The number of hydrogen-bond acceptors (Lipinski definition) is 2. The molecule has 0 spiro atoms. The maximum atomic E-state index is 14.2. The van der Waals surface area contributed by atoms with Crippen LogP contribution in [0.3, 0.4) is 0 Å². The smallest absolute Gasteiger partial charge is 0.173 e. The van der Waals surface area contributed by atoms with Crippen molar-refractivity contribution in [3.05, 3.63) is 29.3 Å². The number of ketones is 1. The molecule has 123 valence electrons. The molecule has 3 heteroatoms. The van der Waals surface area contributed by atoms with Gasteiger partial charge in [0.25, 0.3) is 0 Å². The molecule has 2 fully saturated rings. The van der Waals surface area contributed by atoms with E-state index in [1.54, 1.807) is 7.11 Å². The predicted octanol–water partition coefficient (Wildman–Crippen LogP) is 4.26. The number of carbonyl (C=O) groups is 1. The first-order valence-corrected chi connectivity index (χ1v) is 8.87. The van der Waals surface area contributed by atoms with Crippen molar-refractivity contribution in [1.82, 2.24) is 0 Å². The molecule has 23 heavy (non-hydrogen) atoms. The summed E-state index contributed by atoms with van der Waals surface area (Å²) in [5, 5.41) is 0. The number of Topliss-reactive ketones (excluding diaryl/α,β-unsaturated/α-hetero) is 1. The molecule has 1 aromatic carbocycles. The van der Waals surface area contributed by atoms with Gasteiger partial charge in [-0.3, -0.25) is 4.79 Å². The number of benzene rings is 1. The number of carbonyl (C=O) groups excluding carboxylic acids is 1. The lowest BCUT2D eigenvalue weighted by atomic mass is 9.54. The average Bonchev–Trinajstić information content (AvgIpc) is 2.86. The van der Waals surface area contributed by atoms with Crippen molar-refractivity contribution in [3.8, 4) is 5.75 Å². The number of methoxy groups -OCH3 is 1. The highest BCUT2D eigenvalue weighted by Gasteiger charge is 2.59. The van der Waals surface area contributed by atoms with Gasteiger partial charge in [-0.05, 0) is 79.5 Å². The van der Waals surface area contributed by atoms with E-state index in [0.717, 1.165) is 37.9 Å². The molecule has 2 saturated carbocycles. The van der Waals surface area contributed by atoms with E-state index >= 15 is 0 Å². The zero-order valence-electron chi connectivity index (χ0n) is 13.9. The second-order valence-corrected chi connectivity index (χ2v) is 7.51. The van der Waals surface area contributed by atoms with Crippen LogP contribution in [0.1, 0.15) is 56.1 Å². The first kappa shape index (κ1) is 15.2. The number of aryl methyl sites for hydroxylation is 1. The Morgan fingerprint density at radius 2 is 2.26 bits per heavy atom. The maximum Gasteiger partial charge on any atom is 0.173 e. The van der Waals surface area contributed by atoms with Crippen LogP contribution in [0.2, 0.25) is 0 Å². The molecule has 0 amide bonds. The van der Waals surface area contributed by atoms with E-state index < -0.39 is 6.17 Å². The molecule has 0 saturated heterocycles. The number of rotatable bonds is 2. The zero-order chi connectivity index (χ0) is 16.2. The molecule has 0 heterocycles. The van der Waals surface area contributed by atoms with E-state index in [0.29, 0.717) is 18.3 Å². The van der Waals surface area contributed by atoms with Gasteiger partial charge in [-0.15, -0.1) is 0 Å². The fourth-order valence-corrected chi connectivity index (χ4v) is 5.77. The van der Waals surface area contributed by atoms with E-state index in [1.165, 1.54) is 11.1 Å². The van der Waals surface area contributed by atoms with Crippen molar-refractivity contribution in [2.75, 3.05) is 7.11 Å². The molecule has 2 nitrogen and oxygen atoms in total. The number of alkyl halides is 1. The number of fused-ring (bicyclic) bond motifs is 5. The molecular formula is C20H24FO2. The first-order chi connectivity index (χ1) is 11.1. The predicted molar refractivity (Wildman–Crippen MR) is 86.4 cm³/mol. The van der Waals surface area contributed by atoms with Crippen LogP contribution in [0.4, 0.5) is 4.39 Å². The lowest BCUT2D eigenvalue weighted by molar-refractivity contribution is -0.134. The molecule has 0 bridgehead atoms. The fraction of sp³-hybridized carbons (Fsp3) is 0.650. The number of halogens is 1. The largest absolute Gasteiger partial charge is 0.496 e. The highest BCUT2D eigenvalue weighted by Crippen LogP contribution is 2.61. The highest BCUT2D eigenvalue weighted by atomic mass is 19.1. The van der Waals surface area contributed by atoms with Gasteiger partial charge >= 0.3 is 0 Å². The summed E-state index contributed by atoms with van der Waals surface area (Å²) < 4.78 is 19.6. The van der Waals surface area contributed by atoms with Crippen LogP contribution in [0.5, 0.6) is 5.75 Å². The Morgan fingerprint density at radius 3 is 3.00 bits per heavy atom. The minimum absolute atomic E-state index is 0.103. The van der Waals surface area contributed by atoms with Gasteiger partial charge in [0.05, 0.1) is 7.11 Å². The molecule has 3 aliphatic carbocycles. The monoisotopic (exact) mass is 315 g/mol. The van der Waals surface area contributed by atoms with Crippen molar-refractivity contribution in [2.45, 2.75) is 57.5 Å². The molecule has 0 aromatic heterocycles. The summed E-state index contributed by atoms with van der Waals surface area (Å²) in [6, 6.07) is 7.36. The Kier molecular flexibility index (Phi) is 3.51. The van der Waals surface area contributed by atoms with Gasteiger partial charge in [0.2, 0.25) is 0 Å². The standard InChI is InChI=1S/C20H24FO2/c1-3-20-9-8-14-15(17(20)11-18(21)19(20)22)7-5-12-4-6-13(23-2)10-16(12)14/h4,10,14-15,17-18H,3,5,7-9,11H2,1-2H3/t14-,15+,17-,18+,20-/m0/s1. The second-order valence-electron chi connectivity index (χ2n) is 7.51. The van der Waals surface area contributed by atoms with Gasteiger partial charge in [0.1, 0.15) is 5.75 Å². The first-order valence-electron chi connectivity index (χ1n) is 8.87. The van der Waals surface area contributed by atoms with Crippen LogP contribution in [0, 0.1) is 23.3 Å². The van der Waals surface area contributed by atoms with E-state index in [1.807, 2.05) is 0 Å². The topological polar surface area (TPSA) is 26.3 Å². The van der Waals surface area contributed by atoms with Crippen LogP contribution in [-0.2, 0) is 11.2 Å². The molecule has 5 atom stereocenters. The van der Waals surface area contributed by atoms with Gasteiger partial charge in [-0.2, -0.15) is 0 Å². The summed E-state index contributed by atoms with van der Waals surface area (Å²) in [4.78, 5) is 12.5. The molecule has 0 unspecified atom stereocenters. The van der Waals surface area contributed by atoms with Crippen LogP contribution in [0.15, 0.2) is 12.1 Å². The van der Waals surface area contributed by atoms with Gasteiger partial charge in [0, 0.05) is 11.5 Å². The average molecular weight is 315 g/mol. The van der Waals surface area contributed by atoms with Crippen LogP contribution in [-0.4, -0.2) is 19.1 Å². The summed E-state index contributed by atoms with van der Waals surface area (Å²) in [7, 11) is 1.67. The normalized spacial score (nSPS) is 38.7. The van der Waals surface area contributed by atoms with Gasteiger partial charge < -0.3 is 4.74 Å². The zero-order valence-corrected chi connectivity index (χ0v) is 13.9. The minimum Gasteiger partial charge on any atom is -0.496 e. The Morgan fingerprint density at radius 1 is 1.43 bits per heavy atom. The fourth-order valence-electron chi connectivity index (χ4n) is 5.77. The van der Waals surface area contributed by atoms with Crippen LogP contribution in [0.25, 0.3) is 0 Å². The minimum atomic E-state index is -1.24. The molecule has 3 aliphatic rings. The molecular weight excluding hydrogens is 291 g/mol. The number of hydrogen-bond donors (Lipinski definition) is 0. The SMILES string of the molecule is CC[C@]12CC[C@@H]3c4cc(OC)[c]cc4CC[C@H]3[C@@H]1C[C@@H](F)C2=O. The van der Waals surface area contributed by atoms with Crippen LogP contribution >= 0.6 is 0 Å². The van der Waals surface area contributed by atoms with E-state index in [4.69, 9.17) is 4.74 Å². The molecule has 0 N–H and O–H groups in total. The van der Waals surface area contributed by atoms with Crippen molar-refractivity contribution in [3.63, 3.8) is 0 Å². The molecule has 1 aromatic rings. The lowest BCUT2D eigenvalue weighted by Gasteiger charge is -2.49. The van der Waals surface area contributed by atoms with Crippen molar-refractivity contribution in [2.24, 2.45) is 17.3 Å². The summed E-state index contributed by atoms with van der Waals surface area (Å²) >= 11 is 0. The van der Waals surface area contributed by atoms with Gasteiger partial charge in [0.15, 0.2) is 12.0 Å². The second kappa shape index (κ2) is 5.32. The van der Waals surface area contributed by atoms with Crippen molar-refractivity contribution < 1.29 is 13.9 Å². The molecule has 1 radical (unpaired) electrons. The Labute approximate surface area is 137 Å². The van der Waals surface area contributed by atoms with Gasteiger partial charge in [-0.25, -0.2) is 4.39 Å². The number of ether oxygens (including phenoxy) is 1. The third-order valence-corrected chi connectivity index (χ3v) is 6.92. The summed E-state index contributed by atoms with van der Waals surface area (Å²) in [5.74, 6) is 1.78. The van der Waals surface area contributed by atoms with Crippen molar-refractivity contribution in [1.29, 1.82) is 0 Å². The van der Waals surface area contributed by atoms with Crippen LogP contribution < -0.4 is 4.74 Å². The van der Waals surface area contributed by atoms with E-state index in [2.05, 4.69) is 25.1 Å².